The number of anilines is 1. The van der Waals surface area contributed by atoms with Gasteiger partial charge in [-0.05, 0) is 29.8 Å². The van der Waals surface area contributed by atoms with Crippen LogP contribution in [0.15, 0.2) is 48.5 Å². The van der Waals surface area contributed by atoms with E-state index in [4.69, 9.17) is 21.1 Å². The van der Waals surface area contributed by atoms with E-state index < -0.39 is 0 Å². The zero-order valence-electron chi connectivity index (χ0n) is 17.1. The van der Waals surface area contributed by atoms with Crippen LogP contribution in [0.5, 0.6) is 5.75 Å². The number of para-hydroxylation sites is 2. The molecule has 160 valence electrons. The van der Waals surface area contributed by atoms with Crippen molar-refractivity contribution in [3.63, 3.8) is 0 Å². The zero-order chi connectivity index (χ0) is 20.8. The smallest absolute Gasteiger partial charge is 0.260 e. The maximum Gasteiger partial charge on any atom is 0.260 e. The third-order valence-electron chi connectivity index (χ3n) is 5.61. The summed E-state index contributed by atoms with van der Waals surface area (Å²) < 4.78 is 11.4. The molecule has 0 aliphatic carbocycles. The molecule has 2 aromatic carbocycles. The fourth-order valence-electron chi connectivity index (χ4n) is 3.88. The number of carbonyl (C=O) groups excluding carboxylic acids is 1. The summed E-state index contributed by atoms with van der Waals surface area (Å²) >= 11 is 5.96. The molecular weight excluding hydrogens is 402 g/mol. The number of morpholine rings is 1. The van der Waals surface area contributed by atoms with Crippen molar-refractivity contribution in [2.24, 2.45) is 0 Å². The number of hydrogen-bond acceptors (Lipinski definition) is 5. The Hall–Kier alpha value is -2.28. The predicted octanol–water partition coefficient (Wildman–Crippen LogP) is 2.90. The van der Waals surface area contributed by atoms with Crippen molar-refractivity contribution in [2.45, 2.75) is 6.54 Å². The topological polar surface area (TPSA) is 45.2 Å². The Labute approximate surface area is 182 Å². The van der Waals surface area contributed by atoms with Crippen LogP contribution in [0, 0.1) is 0 Å². The summed E-state index contributed by atoms with van der Waals surface area (Å²) in [7, 11) is 0. The van der Waals surface area contributed by atoms with Gasteiger partial charge in [-0.15, -0.1) is 0 Å². The van der Waals surface area contributed by atoms with E-state index in [2.05, 4.69) is 21.9 Å². The highest BCUT2D eigenvalue weighted by molar-refractivity contribution is 6.30. The van der Waals surface area contributed by atoms with E-state index in [1.165, 1.54) is 5.56 Å². The molecule has 0 bridgehead atoms. The van der Waals surface area contributed by atoms with Crippen LogP contribution in [0.4, 0.5) is 5.69 Å². The summed E-state index contributed by atoms with van der Waals surface area (Å²) in [6.45, 7) is 7.22. The lowest BCUT2D eigenvalue weighted by atomic mass is 10.2. The van der Waals surface area contributed by atoms with Gasteiger partial charge in [-0.3, -0.25) is 9.69 Å². The summed E-state index contributed by atoms with van der Waals surface area (Å²) in [5, 5.41) is 0.754. The number of nitrogens with zero attached hydrogens (tertiary/aromatic N) is 3. The van der Waals surface area contributed by atoms with Crippen molar-refractivity contribution in [3.05, 3.63) is 59.1 Å². The molecule has 0 N–H and O–H groups in total. The predicted molar refractivity (Wildman–Crippen MR) is 118 cm³/mol. The number of rotatable bonds is 6. The van der Waals surface area contributed by atoms with Gasteiger partial charge in [0, 0.05) is 50.8 Å². The van der Waals surface area contributed by atoms with Gasteiger partial charge < -0.3 is 19.3 Å². The van der Waals surface area contributed by atoms with Gasteiger partial charge in [-0.2, -0.15) is 0 Å². The summed E-state index contributed by atoms with van der Waals surface area (Å²) in [5.74, 6) is 0.798. The van der Waals surface area contributed by atoms with Crippen molar-refractivity contribution in [3.8, 4) is 5.75 Å². The molecule has 2 fully saturated rings. The monoisotopic (exact) mass is 429 g/mol. The van der Waals surface area contributed by atoms with E-state index in [1.54, 1.807) is 0 Å². The lowest BCUT2D eigenvalue weighted by Gasteiger charge is -2.35. The van der Waals surface area contributed by atoms with Crippen molar-refractivity contribution < 1.29 is 14.3 Å². The summed E-state index contributed by atoms with van der Waals surface area (Å²) in [5.41, 5.74) is 2.27. The van der Waals surface area contributed by atoms with E-state index >= 15 is 0 Å². The highest BCUT2D eigenvalue weighted by atomic mass is 35.5. The largest absolute Gasteiger partial charge is 0.482 e. The molecule has 30 heavy (non-hydrogen) atoms. The second-order valence-electron chi connectivity index (χ2n) is 7.64. The standard InChI is InChI=1S/C23H28ClN3O3/c24-20-7-5-19(6-8-20)17-25-9-11-27(12-10-25)23(28)18-30-22-4-2-1-3-21(22)26-13-15-29-16-14-26/h1-8H,9-18H2. The van der Waals surface area contributed by atoms with Gasteiger partial charge in [0.25, 0.3) is 5.91 Å². The number of carbonyl (C=O) groups is 1. The quantitative estimate of drug-likeness (QED) is 0.706. The minimum Gasteiger partial charge on any atom is -0.482 e. The molecule has 2 heterocycles. The first-order chi connectivity index (χ1) is 14.7. The lowest BCUT2D eigenvalue weighted by Crippen LogP contribution is -2.49. The first-order valence-corrected chi connectivity index (χ1v) is 10.9. The van der Waals surface area contributed by atoms with Gasteiger partial charge >= 0.3 is 0 Å². The molecule has 0 spiro atoms. The molecule has 6 nitrogen and oxygen atoms in total. The molecule has 1 amide bonds. The summed E-state index contributed by atoms with van der Waals surface area (Å²) in [4.78, 5) is 19.2. The fraction of sp³-hybridized carbons (Fsp3) is 0.435. The van der Waals surface area contributed by atoms with Crippen molar-refractivity contribution in [2.75, 3.05) is 64.0 Å². The van der Waals surface area contributed by atoms with Crippen LogP contribution in [0.1, 0.15) is 5.56 Å². The molecule has 2 aliphatic rings. The molecule has 0 aromatic heterocycles. The van der Waals surface area contributed by atoms with Crippen LogP contribution in [0.25, 0.3) is 0 Å². The van der Waals surface area contributed by atoms with Crippen LogP contribution in [0.3, 0.4) is 0 Å². The molecule has 2 saturated heterocycles. The highest BCUT2D eigenvalue weighted by Crippen LogP contribution is 2.28. The van der Waals surface area contributed by atoms with Gasteiger partial charge in [0.2, 0.25) is 0 Å². The van der Waals surface area contributed by atoms with Crippen LogP contribution in [-0.2, 0) is 16.1 Å². The summed E-state index contributed by atoms with van der Waals surface area (Å²) in [6, 6.07) is 15.9. The molecule has 0 radical (unpaired) electrons. The van der Waals surface area contributed by atoms with Gasteiger partial charge in [0.1, 0.15) is 5.75 Å². The minimum absolute atomic E-state index is 0.0397. The van der Waals surface area contributed by atoms with Crippen LogP contribution >= 0.6 is 11.6 Å². The van der Waals surface area contributed by atoms with E-state index in [0.29, 0.717) is 13.2 Å². The Morgan fingerprint density at radius 1 is 0.933 bits per heavy atom. The molecule has 2 aliphatic heterocycles. The first kappa shape index (κ1) is 21.0. The highest BCUT2D eigenvalue weighted by Gasteiger charge is 2.22. The van der Waals surface area contributed by atoms with E-state index in [1.807, 2.05) is 41.3 Å². The molecular formula is C23H28ClN3O3. The van der Waals surface area contributed by atoms with Gasteiger partial charge in [-0.25, -0.2) is 0 Å². The Bertz CT molecular complexity index is 832. The number of hydrogen-bond donors (Lipinski definition) is 0. The third kappa shape index (κ3) is 5.45. The fourth-order valence-corrected chi connectivity index (χ4v) is 4.00. The SMILES string of the molecule is O=C(COc1ccccc1N1CCOCC1)N1CCN(Cc2ccc(Cl)cc2)CC1. The molecule has 4 rings (SSSR count). The van der Waals surface area contributed by atoms with Crippen LogP contribution in [0.2, 0.25) is 5.02 Å². The van der Waals surface area contributed by atoms with Crippen molar-refractivity contribution in [1.29, 1.82) is 0 Å². The molecule has 2 aromatic rings. The molecule has 0 atom stereocenters. The number of piperazine rings is 1. The minimum atomic E-state index is 0.0397. The molecule has 0 unspecified atom stereocenters. The number of benzene rings is 2. The Morgan fingerprint density at radius 2 is 1.63 bits per heavy atom. The number of amides is 1. The van der Waals surface area contributed by atoms with E-state index in [-0.39, 0.29) is 12.5 Å². The first-order valence-electron chi connectivity index (χ1n) is 10.5. The molecule has 0 saturated carbocycles. The van der Waals surface area contributed by atoms with Gasteiger partial charge in [0.15, 0.2) is 6.61 Å². The number of ether oxygens (including phenoxy) is 2. The van der Waals surface area contributed by atoms with Crippen molar-refractivity contribution >= 4 is 23.2 Å². The van der Waals surface area contributed by atoms with Crippen LogP contribution < -0.4 is 9.64 Å². The Kier molecular flexibility index (Phi) is 7.10. The van der Waals surface area contributed by atoms with Crippen molar-refractivity contribution in [1.82, 2.24) is 9.80 Å². The van der Waals surface area contributed by atoms with E-state index in [9.17, 15) is 4.79 Å². The molecule has 7 heteroatoms. The summed E-state index contributed by atoms with van der Waals surface area (Å²) in [6.07, 6.45) is 0. The maximum absolute atomic E-state index is 12.7. The second-order valence-corrected chi connectivity index (χ2v) is 8.08. The number of halogens is 1. The average Bonchev–Trinajstić information content (AvgIpc) is 2.80. The second kappa shape index (κ2) is 10.2. The Morgan fingerprint density at radius 3 is 2.37 bits per heavy atom. The average molecular weight is 430 g/mol. The van der Waals surface area contributed by atoms with E-state index in [0.717, 1.165) is 62.3 Å². The maximum atomic E-state index is 12.7. The Balaban J connectivity index is 1.26. The van der Waals surface area contributed by atoms with Gasteiger partial charge in [-0.1, -0.05) is 35.9 Å². The zero-order valence-corrected chi connectivity index (χ0v) is 17.9. The lowest BCUT2D eigenvalue weighted by molar-refractivity contribution is -0.135. The third-order valence-corrected chi connectivity index (χ3v) is 5.86. The normalized spacial score (nSPS) is 17.8. The van der Waals surface area contributed by atoms with Gasteiger partial charge in [0.05, 0.1) is 18.9 Å². The van der Waals surface area contributed by atoms with Crippen LogP contribution in [-0.4, -0.2) is 74.8 Å².